The molecule has 0 spiro atoms. The molecule has 0 saturated carbocycles. The first-order chi connectivity index (χ1) is 16.9. The van der Waals surface area contributed by atoms with Crippen molar-refractivity contribution in [3.05, 3.63) is 48.5 Å². The number of carbonyl (C=O) groups is 1. The Hall–Kier alpha value is -2.59. The molecule has 0 heterocycles. The molecule has 2 atom stereocenters. The van der Waals surface area contributed by atoms with Gasteiger partial charge in [-0.15, -0.1) is 5.11 Å². The second-order valence-electron chi connectivity index (χ2n) is 8.01. The molecule has 192 valence electrons. The summed E-state index contributed by atoms with van der Waals surface area (Å²) in [6.45, 7) is 10.8. The van der Waals surface area contributed by atoms with Crippen LogP contribution in [0.25, 0.3) is 0 Å². The molecule has 0 fully saturated rings. The van der Waals surface area contributed by atoms with E-state index in [1.165, 1.54) is 0 Å². The van der Waals surface area contributed by atoms with Crippen LogP contribution in [-0.2, 0) is 18.1 Å². The summed E-state index contributed by atoms with van der Waals surface area (Å²) in [7, 11) is -3.35. The van der Waals surface area contributed by atoms with E-state index >= 15 is 0 Å². The molecular formula is C26H38N2O6Si. The van der Waals surface area contributed by atoms with Crippen LogP contribution in [0.2, 0.25) is 0 Å². The first-order valence-electron chi connectivity index (χ1n) is 12.3. The van der Waals surface area contributed by atoms with E-state index in [9.17, 15) is 9.90 Å². The number of rotatable bonds is 16. The van der Waals surface area contributed by atoms with Crippen LogP contribution in [0.5, 0.6) is 5.75 Å². The van der Waals surface area contributed by atoms with E-state index in [2.05, 4.69) is 17.2 Å². The highest BCUT2D eigenvalue weighted by Gasteiger charge is 2.46. The normalized spacial score (nSPS) is 13.6. The van der Waals surface area contributed by atoms with Gasteiger partial charge in [0.2, 0.25) is 0 Å². The van der Waals surface area contributed by atoms with Crippen LogP contribution in [0.4, 0.5) is 11.4 Å². The third kappa shape index (κ3) is 8.24. The Balaban J connectivity index is 2.27. The number of hydrogen-bond acceptors (Lipinski definition) is 7. The molecule has 0 saturated heterocycles. The summed E-state index contributed by atoms with van der Waals surface area (Å²) >= 11 is 0. The lowest BCUT2D eigenvalue weighted by Crippen LogP contribution is -2.59. The molecule has 0 radical (unpaired) electrons. The predicted molar refractivity (Wildman–Crippen MR) is 138 cm³/mol. The van der Waals surface area contributed by atoms with Gasteiger partial charge in [0.15, 0.2) is 0 Å². The molecule has 0 bridgehead atoms. The highest BCUT2D eigenvalue weighted by Crippen LogP contribution is 2.29. The van der Waals surface area contributed by atoms with Crippen LogP contribution in [-0.4, -0.2) is 45.8 Å². The quantitative estimate of drug-likeness (QED) is 0.171. The number of nitrogens with zero attached hydrogens (tertiary/aromatic N) is 2. The van der Waals surface area contributed by atoms with E-state index in [4.69, 9.17) is 18.0 Å². The molecule has 35 heavy (non-hydrogen) atoms. The summed E-state index contributed by atoms with van der Waals surface area (Å²) in [5, 5.41) is 19.0. The Morgan fingerprint density at radius 3 is 2.20 bits per heavy atom. The van der Waals surface area contributed by atoms with E-state index < -0.39 is 26.8 Å². The second-order valence-corrected chi connectivity index (χ2v) is 10.5. The molecule has 9 heteroatoms. The maximum Gasteiger partial charge on any atom is 0.537 e. The lowest BCUT2D eigenvalue weighted by molar-refractivity contribution is -0.145. The molecule has 0 aliphatic heterocycles. The molecule has 0 amide bonds. The molecule has 8 nitrogen and oxygen atoms in total. The van der Waals surface area contributed by atoms with Crippen LogP contribution in [0, 0.1) is 5.92 Å². The van der Waals surface area contributed by atoms with Gasteiger partial charge in [0.25, 0.3) is 0 Å². The van der Waals surface area contributed by atoms with Crippen molar-refractivity contribution in [2.75, 3.05) is 19.8 Å². The summed E-state index contributed by atoms with van der Waals surface area (Å²) in [5.41, 5.74) is 1.31. The van der Waals surface area contributed by atoms with Gasteiger partial charge in [-0.3, -0.25) is 4.79 Å². The Bertz CT molecular complexity index is 932. The first-order valence-corrected chi connectivity index (χ1v) is 14.1. The van der Waals surface area contributed by atoms with Gasteiger partial charge >= 0.3 is 14.8 Å². The maximum atomic E-state index is 11.7. The molecule has 0 aliphatic carbocycles. The predicted octanol–water partition coefficient (Wildman–Crippen LogP) is 6.02. The third-order valence-corrected chi connectivity index (χ3v) is 8.51. The largest absolute Gasteiger partial charge is 0.537 e. The number of benzene rings is 2. The van der Waals surface area contributed by atoms with Crippen molar-refractivity contribution in [1.29, 1.82) is 0 Å². The molecule has 1 N–H and O–H groups in total. The number of ether oxygens (including phenoxy) is 1. The standard InChI is InChI=1S/C26H38N2O6Si/c1-6-10-19-31-25-14-12-11-13-24(25)28-27-21-15-17-22(18-16-21)35(32-8-3,33-9-4)34-20(5)23(7-2)26(29)30/h11-18,20,23H,6-10,19H2,1-5H3,(H,29,30). The van der Waals surface area contributed by atoms with Gasteiger partial charge in [0, 0.05) is 18.4 Å². The van der Waals surface area contributed by atoms with E-state index in [1.54, 1.807) is 6.92 Å². The zero-order valence-electron chi connectivity index (χ0n) is 21.4. The lowest BCUT2D eigenvalue weighted by Gasteiger charge is -2.33. The molecule has 2 aromatic carbocycles. The van der Waals surface area contributed by atoms with Crippen LogP contribution < -0.4 is 9.92 Å². The van der Waals surface area contributed by atoms with Crippen molar-refractivity contribution in [1.82, 2.24) is 0 Å². The number of para-hydroxylation sites is 1. The zero-order valence-corrected chi connectivity index (χ0v) is 22.4. The van der Waals surface area contributed by atoms with Crippen molar-refractivity contribution in [3.63, 3.8) is 0 Å². The van der Waals surface area contributed by atoms with Gasteiger partial charge in [0.05, 0.1) is 24.3 Å². The Kier molecular flexibility index (Phi) is 12.1. The minimum absolute atomic E-state index is 0.374. The lowest BCUT2D eigenvalue weighted by atomic mass is 10.0. The van der Waals surface area contributed by atoms with Crippen molar-refractivity contribution in [2.24, 2.45) is 16.1 Å². The fourth-order valence-electron chi connectivity index (χ4n) is 3.59. The van der Waals surface area contributed by atoms with E-state index in [0.717, 1.165) is 18.0 Å². The summed E-state index contributed by atoms with van der Waals surface area (Å²) in [6.07, 6.45) is 1.90. The number of carboxylic acids is 1. The monoisotopic (exact) mass is 502 g/mol. The Labute approximate surface area is 209 Å². The number of unbranched alkanes of at least 4 members (excludes halogenated alkanes) is 1. The fraction of sp³-hybridized carbons (Fsp3) is 0.500. The molecule has 0 aromatic heterocycles. The van der Waals surface area contributed by atoms with Crippen molar-refractivity contribution < 1.29 is 27.9 Å². The summed E-state index contributed by atoms with van der Waals surface area (Å²) in [4.78, 5) is 11.7. The van der Waals surface area contributed by atoms with Crippen molar-refractivity contribution in [3.8, 4) is 5.75 Å². The average Bonchev–Trinajstić information content (AvgIpc) is 2.84. The first kappa shape index (κ1) is 28.6. The summed E-state index contributed by atoms with van der Waals surface area (Å²) in [5.74, 6) is -0.854. The van der Waals surface area contributed by atoms with Gasteiger partial charge in [-0.1, -0.05) is 44.5 Å². The zero-order chi connectivity index (χ0) is 25.7. The Morgan fingerprint density at radius 2 is 1.63 bits per heavy atom. The number of carboxylic acid groups (broad SMARTS) is 1. The van der Waals surface area contributed by atoms with E-state index in [0.29, 0.717) is 43.4 Å². The van der Waals surface area contributed by atoms with Crippen LogP contribution >= 0.6 is 0 Å². The fourth-order valence-corrected chi connectivity index (χ4v) is 6.27. The molecule has 2 rings (SSSR count). The summed E-state index contributed by atoms with van der Waals surface area (Å²) in [6, 6.07) is 14.9. The Morgan fingerprint density at radius 1 is 0.971 bits per heavy atom. The minimum atomic E-state index is -3.35. The number of azo groups is 1. The molecule has 0 aliphatic rings. The van der Waals surface area contributed by atoms with Crippen LogP contribution in [0.3, 0.4) is 0 Å². The van der Waals surface area contributed by atoms with Crippen LogP contribution in [0.1, 0.15) is 53.9 Å². The SMILES string of the molecule is CCCCOc1ccccc1N=Nc1ccc([Si](OCC)(OCC)OC(C)C(CC)C(=O)O)cc1. The van der Waals surface area contributed by atoms with Crippen LogP contribution in [0.15, 0.2) is 58.8 Å². The highest BCUT2D eigenvalue weighted by molar-refractivity contribution is 6.75. The topological polar surface area (TPSA) is 98.9 Å². The minimum Gasteiger partial charge on any atom is -0.491 e. The number of aliphatic carboxylic acids is 1. The summed E-state index contributed by atoms with van der Waals surface area (Å²) < 4.78 is 24.2. The highest BCUT2D eigenvalue weighted by atomic mass is 28.4. The number of hydrogen-bond donors (Lipinski definition) is 1. The molecule has 2 aromatic rings. The van der Waals surface area contributed by atoms with E-state index in [-0.39, 0.29) is 0 Å². The van der Waals surface area contributed by atoms with Crippen molar-refractivity contribution in [2.45, 2.75) is 60.0 Å². The smallest absolute Gasteiger partial charge is 0.491 e. The van der Waals surface area contributed by atoms with Gasteiger partial charge < -0.3 is 23.1 Å². The van der Waals surface area contributed by atoms with Gasteiger partial charge in [0.1, 0.15) is 11.4 Å². The third-order valence-electron chi connectivity index (χ3n) is 5.45. The second kappa shape index (κ2) is 14.7. The van der Waals surface area contributed by atoms with Gasteiger partial charge in [-0.25, -0.2) is 0 Å². The maximum absolute atomic E-state index is 11.7. The molecular weight excluding hydrogens is 464 g/mol. The van der Waals surface area contributed by atoms with Gasteiger partial charge in [-0.05, 0) is 57.9 Å². The average molecular weight is 503 g/mol. The van der Waals surface area contributed by atoms with E-state index in [1.807, 2.05) is 69.3 Å². The van der Waals surface area contributed by atoms with Crippen molar-refractivity contribution >= 4 is 31.3 Å². The van der Waals surface area contributed by atoms with Gasteiger partial charge in [-0.2, -0.15) is 5.11 Å². The molecule has 2 unspecified atom stereocenters.